The highest BCUT2D eigenvalue weighted by Gasteiger charge is 2.18. The van der Waals surface area contributed by atoms with E-state index in [0.717, 1.165) is 0 Å². The summed E-state index contributed by atoms with van der Waals surface area (Å²) in [7, 11) is 1.54. The molecule has 3 rings (SSSR count). The Morgan fingerprint density at radius 3 is 2.72 bits per heavy atom. The van der Waals surface area contributed by atoms with Gasteiger partial charge in [0.15, 0.2) is 0 Å². The minimum Gasteiger partial charge on any atom is -0.497 e. The molecular formula is C18H16FN3O3. The number of amides is 1. The van der Waals surface area contributed by atoms with Gasteiger partial charge in [0.25, 0.3) is 5.91 Å². The van der Waals surface area contributed by atoms with Gasteiger partial charge in [-0.05, 0) is 49.4 Å². The number of ether oxygens (including phenoxy) is 1. The average molecular weight is 341 g/mol. The number of nitrogens with one attached hydrogen (secondary N) is 1. The van der Waals surface area contributed by atoms with Crippen LogP contribution in [0, 0.1) is 5.82 Å². The van der Waals surface area contributed by atoms with Gasteiger partial charge >= 0.3 is 0 Å². The highest BCUT2D eigenvalue weighted by Crippen LogP contribution is 2.20. The highest BCUT2D eigenvalue weighted by molar-refractivity contribution is 5.94. The Balaban J connectivity index is 1.72. The summed E-state index contributed by atoms with van der Waals surface area (Å²) in [5.41, 5.74) is 1.09. The lowest BCUT2D eigenvalue weighted by atomic mass is 10.2. The lowest BCUT2D eigenvalue weighted by Gasteiger charge is -2.10. The summed E-state index contributed by atoms with van der Waals surface area (Å²) < 4.78 is 23.3. The van der Waals surface area contributed by atoms with Crippen LogP contribution in [-0.2, 0) is 0 Å². The Morgan fingerprint density at radius 1 is 1.24 bits per heavy atom. The van der Waals surface area contributed by atoms with Crippen LogP contribution < -0.4 is 10.1 Å². The molecule has 6 nitrogen and oxygen atoms in total. The minimum absolute atomic E-state index is 0.260. The van der Waals surface area contributed by atoms with Crippen LogP contribution >= 0.6 is 0 Å². The lowest BCUT2D eigenvalue weighted by Crippen LogP contribution is -2.26. The first-order valence-electron chi connectivity index (χ1n) is 7.61. The normalized spacial score (nSPS) is 11.8. The topological polar surface area (TPSA) is 77.2 Å². The molecule has 1 unspecified atom stereocenters. The molecule has 1 heterocycles. The summed E-state index contributed by atoms with van der Waals surface area (Å²) in [5, 5.41) is 6.65. The van der Waals surface area contributed by atoms with Gasteiger partial charge in [0.2, 0.25) is 11.7 Å². The summed E-state index contributed by atoms with van der Waals surface area (Å²) in [6.45, 7) is 1.74. The fourth-order valence-electron chi connectivity index (χ4n) is 2.23. The zero-order valence-corrected chi connectivity index (χ0v) is 13.7. The number of aromatic nitrogens is 2. The van der Waals surface area contributed by atoms with Gasteiger partial charge in [-0.2, -0.15) is 4.98 Å². The van der Waals surface area contributed by atoms with Gasteiger partial charge in [0.05, 0.1) is 7.11 Å². The van der Waals surface area contributed by atoms with E-state index in [1.165, 1.54) is 19.2 Å². The third kappa shape index (κ3) is 3.82. The number of halogens is 1. The molecule has 0 aliphatic carbocycles. The zero-order valence-electron chi connectivity index (χ0n) is 13.7. The molecule has 1 amide bonds. The molecule has 0 saturated carbocycles. The maximum atomic E-state index is 13.0. The Bertz CT molecular complexity index is 877. The predicted molar refractivity (Wildman–Crippen MR) is 88.6 cm³/mol. The summed E-state index contributed by atoms with van der Waals surface area (Å²) in [4.78, 5) is 16.6. The van der Waals surface area contributed by atoms with Crippen molar-refractivity contribution in [1.29, 1.82) is 0 Å². The molecule has 0 aliphatic heterocycles. The molecule has 0 aliphatic rings. The highest BCUT2D eigenvalue weighted by atomic mass is 19.1. The Morgan fingerprint density at radius 2 is 2.00 bits per heavy atom. The fourth-order valence-corrected chi connectivity index (χ4v) is 2.23. The summed E-state index contributed by atoms with van der Waals surface area (Å²) in [5.74, 6) is 0.559. The van der Waals surface area contributed by atoms with Gasteiger partial charge in [-0.25, -0.2) is 4.39 Å². The van der Waals surface area contributed by atoms with Crippen LogP contribution in [0.25, 0.3) is 11.4 Å². The quantitative estimate of drug-likeness (QED) is 0.770. The number of carbonyl (C=O) groups excluding carboxylic acids is 1. The van der Waals surface area contributed by atoms with Crippen LogP contribution in [0.2, 0.25) is 0 Å². The van der Waals surface area contributed by atoms with Crippen molar-refractivity contribution in [3.05, 3.63) is 65.8 Å². The molecule has 25 heavy (non-hydrogen) atoms. The maximum Gasteiger partial charge on any atom is 0.252 e. The largest absolute Gasteiger partial charge is 0.497 e. The number of hydrogen-bond acceptors (Lipinski definition) is 5. The van der Waals surface area contributed by atoms with Gasteiger partial charge in [-0.3, -0.25) is 4.79 Å². The van der Waals surface area contributed by atoms with Crippen LogP contribution in [0.4, 0.5) is 4.39 Å². The molecule has 0 fully saturated rings. The van der Waals surface area contributed by atoms with Crippen LogP contribution in [0.3, 0.4) is 0 Å². The maximum absolute atomic E-state index is 13.0. The molecule has 0 saturated heterocycles. The Kier molecular flexibility index (Phi) is 4.74. The van der Waals surface area contributed by atoms with Crippen molar-refractivity contribution >= 4 is 5.91 Å². The van der Waals surface area contributed by atoms with Crippen molar-refractivity contribution < 1.29 is 18.4 Å². The summed E-state index contributed by atoms with van der Waals surface area (Å²) >= 11 is 0. The Hall–Kier alpha value is -3.22. The number of rotatable bonds is 5. The van der Waals surface area contributed by atoms with Gasteiger partial charge < -0.3 is 14.6 Å². The summed E-state index contributed by atoms with van der Waals surface area (Å²) in [6, 6.07) is 12.1. The van der Waals surface area contributed by atoms with E-state index in [1.807, 2.05) is 0 Å². The van der Waals surface area contributed by atoms with Crippen LogP contribution in [0.15, 0.2) is 53.1 Å². The molecule has 1 aromatic heterocycles. The molecule has 1 atom stereocenters. The van der Waals surface area contributed by atoms with E-state index in [0.29, 0.717) is 22.7 Å². The molecule has 7 heteroatoms. The van der Waals surface area contributed by atoms with Crippen molar-refractivity contribution in [3.63, 3.8) is 0 Å². The van der Waals surface area contributed by atoms with E-state index >= 15 is 0 Å². The second-order valence-electron chi connectivity index (χ2n) is 5.39. The summed E-state index contributed by atoms with van der Waals surface area (Å²) in [6.07, 6.45) is 0. The number of benzene rings is 2. The molecular weight excluding hydrogens is 325 g/mol. The average Bonchev–Trinajstić information content (AvgIpc) is 3.12. The van der Waals surface area contributed by atoms with Gasteiger partial charge in [0.1, 0.15) is 17.6 Å². The minimum atomic E-state index is -0.486. The van der Waals surface area contributed by atoms with E-state index in [4.69, 9.17) is 9.26 Å². The standard InChI is InChI=1S/C18H16FN3O3/c1-11(20-17(23)13-4-3-5-15(10-13)24-2)18-21-16(22-25-18)12-6-8-14(19)9-7-12/h3-11H,1-2H3,(H,20,23). The number of hydrogen-bond donors (Lipinski definition) is 1. The number of nitrogens with zero attached hydrogens (tertiary/aromatic N) is 2. The van der Waals surface area contributed by atoms with E-state index in [-0.39, 0.29) is 17.6 Å². The Labute approximate surface area is 143 Å². The predicted octanol–water partition coefficient (Wildman–Crippen LogP) is 3.38. The van der Waals surface area contributed by atoms with E-state index in [1.54, 1.807) is 43.3 Å². The van der Waals surface area contributed by atoms with E-state index in [2.05, 4.69) is 15.5 Å². The molecule has 128 valence electrons. The SMILES string of the molecule is COc1cccc(C(=O)NC(C)c2nc(-c3ccc(F)cc3)no2)c1. The second kappa shape index (κ2) is 7.12. The first-order valence-corrected chi connectivity index (χ1v) is 7.61. The molecule has 3 aromatic rings. The van der Waals surface area contributed by atoms with E-state index < -0.39 is 6.04 Å². The number of carbonyl (C=O) groups is 1. The van der Waals surface area contributed by atoms with E-state index in [9.17, 15) is 9.18 Å². The van der Waals surface area contributed by atoms with Crippen molar-refractivity contribution in [2.75, 3.05) is 7.11 Å². The fraction of sp³-hybridized carbons (Fsp3) is 0.167. The van der Waals surface area contributed by atoms with Crippen LogP contribution in [0.5, 0.6) is 5.75 Å². The lowest BCUT2D eigenvalue weighted by molar-refractivity contribution is 0.0932. The third-order valence-electron chi connectivity index (χ3n) is 3.59. The van der Waals surface area contributed by atoms with Crippen LogP contribution in [-0.4, -0.2) is 23.2 Å². The molecule has 0 spiro atoms. The molecule has 2 aromatic carbocycles. The van der Waals surface area contributed by atoms with Gasteiger partial charge in [-0.15, -0.1) is 0 Å². The third-order valence-corrected chi connectivity index (χ3v) is 3.59. The van der Waals surface area contributed by atoms with Crippen molar-refractivity contribution in [3.8, 4) is 17.1 Å². The van der Waals surface area contributed by atoms with Crippen LogP contribution in [0.1, 0.15) is 29.2 Å². The molecule has 1 N–H and O–H groups in total. The van der Waals surface area contributed by atoms with Crippen molar-refractivity contribution in [2.24, 2.45) is 0 Å². The van der Waals surface area contributed by atoms with Crippen molar-refractivity contribution in [1.82, 2.24) is 15.5 Å². The first kappa shape index (κ1) is 16.6. The molecule has 0 radical (unpaired) electrons. The van der Waals surface area contributed by atoms with Gasteiger partial charge in [-0.1, -0.05) is 11.2 Å². The number of methoxy groups -OCH3 is 1. The first-order chi connectivity index (χ1) is 12.1. The monoisotopic (exact) mass is 341 g/mol. The second-order valence-corrected chi connectivity index (χ2v) is 5.39. The van der Waals surface area contributed by atoms with Crippen molar-refractivity contribution in [2.45, 2.75) is 13.0 Å². The van der Waals surface area contributed by atoms with Gasteiger partial charge in [0, 0.05) is 11.1 Å². The smallest absolute Gasteiger partial charge is 0.252 e. The molecule has 0 bridgehead atoms. The zero-order chi connectivity index (χ0) is 17.8.